The fourth-order valence-corrected chi connectivity index (χ4v) is 3.55. The van der Waals surface area contributed by atoms with Gasteiger partial charge in [0.25, 0.3) is 0 Å². The number of pyridine rings is 1. The van der Waals surface area contributed by atoms with Crippen LogP contribution in [0.3, 0.4) is 0 Å². The van der Waals surface area contributed by atoms with E-state index >= 15 is 0 Å². The van der Waals surface area contributed by atoms with Crippen molar-refractivity contribution >= 4 is 10.1 Å². The van der Waals surface area contributed by atoms with Gasteiger partial charge in [0.15, 0.2) is 17.1 Å². The number of hydrogen-bond acceptors (Lipinski definition) is 8. The Bertz CT molecular complexity index is 648. The molecule has 9 heteroatoms. The third kappa shape index (κ3) is 3.39. The fraction of sp³-hybridized carbons (Fsp3) is 0.643. The van der Waals surface area contributed by atoms with Crippen molar-refractivity contribution in [3.63, 3.8) is 0 Å². The molecule has 4 atom stereocenters. The Morgan fingerprint density at radius 1 is 1.26 bits per heavy atom. The summed E-state index contributed by atoms with van der Waals surface area (Å²) in [6, 6.07) is 4.56. The first-order valence-corrected chi connectivity index (χ1v) is 8.57. The molecule has 1 aromatic rings. The highest BCUT2D eigenvalue weighted by atomic mass is 32.2. The topological polar surface area (TPSA) is 93.2 Å². The van der Waals surface area contributed by atoms with Crippen molar-refractivity contribution in [2.24, 2.45) is 0 Å². The van der Waals surface area contributed by atoms with Gasteiger partial charge >= 0.3 is 10.1 Å². The molecule has 0 saturated carbocycles. The van der Waals surface area contributed by atoms with Gasteiger partial charge in [-0.25, -0.2) is 4.98 Å². The van der Waals surface area contributed by atoms with Crippen molar-refractivity contribution in [2.75, 3.05) is 13.7 Å². The zero-order valence-corrected chi connectivity index (χ0v) is 13.9. The van der Waals surface area contributed by atoms with Crippen molar-refractivity contribution in [2.45, 2.75) is 49.3 Å². The summed E-state index contributed by atoms with van der Waals surface area (Å²) in [5.74, 6) is -0.784. The van der Waals surface area contributed by atoms with Crippen LogP contribution in [0.4, 0.5) is 0 Å². The van der Waals surface area contributed by atoms with Crippen molar-refractivity contribution in [1.82, 2.24) is 4.98 Å². The molecule has 1 aromatic heterocycles. The Kier molecular flexibility index (Phi) is 4.43. The average molecular weight is 345 g/mol. The lowest BCUT2D eigenvalue weighted by atomic mass is 10.1. The fourth-order valence-electron chi connectivity index (χ4n) is 2.68. The lowest BCUT2D eigenvalue weighted by Crippen LogP contribution is -2.33. The summed E-state index contributed by atoms with van der Waals surface area (Å²) in [4.78, 5) is 3.78. The van der Waals surface area contributed by atoms with E-state index in [2.05, 4.69) is 4.98 Å². The van der Waals surface area contributed by atoms with Crippen molar-refractivity contribution in [1.29, 1.82) is 0 Å². The molecule has 8 nitrogen and oxygen atoms in total. The summed E-state index contributed by atoms with van der Waals surface area (Å²) in [7, 11) is -2.47. The second-order valence-electron chi connectivity index (χ2n) is 5.75. The number of nitrogens with zero attached hydrogens (tertiary/aromatic N) is 1. The third-order valence-electron chi connectivity index (χ3n) is 3.62. The van der Waals surface area contributed by atoms with E-state index in [0.29, 0.717) is 0 Å². The molecular weight excluding hydrogens is 326 g/mol. The minimum atomic E-state index is -3.96. The van der Waals surface area contributed by atoms with E-state index in [4.69, 9.17) is 23.1 Å². The maximum Gasteiger partial charge on any atom is 0.314 e. The first-order chi connectivity index (χ1) is 10.8. The molecule has 0 aliphatic carbocycles. The smallest absolute Gasteiger partial charge is 0.314 e. The minimum absolute atomic E-state index is 0.151. The van der Waals surface area contributed by atoms with Crippen molar-refractivity contribution < 1.29 is 31.5 Å². The molecule has 3 rings (SSSR count). The standard InChI is InChI=1S/C14H19NO7S/c1-14(2)21-11-9(20-13(18-3)12(11)22-14)8-19-23(16,17)10-6-4-5-7-15-10/h4-7,9,11-13H,8H2,1-3H3. The highest BCUT2D eigenvalue weighted by Crippen LogP contribution is 2.39. The number of rotatable bonds is 5. The summed E-state index contributed by atoms with van der Waals surface area (Å²) < 4.78 is 51.6. The molecule has 2 aliphatic rings. The summed E-state index contributed by atoms with van der Waals surface area (Å²) in [5.41, 5.74) is 0. The molecule has 2 fully saturated rings. The predicted molar refractivity (Wildman–Crippen MR) is 76.9 cm³/mol. The van der Waals surface area contributed by atoms with Gasteiger partial charge in [-0.15, -0.1) is 0 Å². The molecule has 3 heterocycles. The highest BCUT2D eigenvalue weighted by molar-refractivity contribution is 7.86. The number of methoxy groups -OCH3 is 1. The molecule has 0 spiro atoms. The van der Waals surface area contributed by atoms with Gasteiger partial charge in [-0.2, -0.15) is 8.42 Å². The van der Waals surface area contributed by atoms with Crippen molar-refractivity contribution in [3.8, 4) is 0 Å². The lowest BCUT2D eigenvalue weighted by molar-refractivity contribution is -0.229. The van der Waals surface area contributed by atoms with Crippen LogP contribution in [0.1, 0.15) is 13.8 Å². The molecule has 2 aliphatic heterocycles. The number of hydrogen-bond donors (Lipinski definition) is 0. The quantitative estimate of drug-likeness (QED) is 0.719. The average Bonchev–Trinajstić information content (AvgIpc) is 2.99. The molecule has 0 amide bonds. The van der Waals surface area contributed by atoms with E-state index in [1.54, 1.807) is 26.0 Å². The van der Waals surface area contributed by atoms with Crippen LogP contribution in [0, 0.1) is 0 Å². The summed E-state index contributed by atoms with van der Waals surface area (Å²) in [5, 5.41) is -0.151. The molecule has 23 heavy (non-hydrogen) atoms. The maximum absolute atomic E-state index is 12.1. The van der Waals surface area contributed by atoms with E-state index in [1.807, 2.05) is 0 Å². The van der Waals surface area contributed by atoms with Crippen LogP contribution in [0.5, 0.6) is 0 Å². The van der Waals surface area contributed by atoms with Gasteiger partial charge in [0.1, 0.15) is 18.3 Å². The van der Waals surface area contributed by atoms with Crippen LogP contribution in [-0.4, -0.2) is 57.5 Å². The van der Waals surface area contributed by atoms with Crippen LogP contribution in [0.2, 0.25) is 0 Å². The first-order valence-electron chi connectivity index (χ1n) is 7.17. The zero-order chi connectivity index (χ0) is 16.7. The van der Waals surface area contributed by atoms with E-state index in [1.165, 1.54) is 19.4 Å². The molecule has 0 radical (unpaired) electrons. The molecule has 2 saturated heterocycles. The van der Waals surface area contributed by atoms with Gasteiger partial charge in [-0.05, 0) is 26.0 Å². The molecule has 0 aromatic carbocycles. The zero-order valence-electron chi connectivity index (χ0n) is 13.0. The van der Waals surface area contributed by atoms with Crippen molar-refractivity contribution in [3.05, 3.63) is 24.4 Å². The normalized spacial score (nSPS) is 32.8. The van der Waals surface area contributed by atoms with Gasteiger partial charge in [0.2, 0.25) is 0 Å². The van der Waals surface area contributed by atoms with E-state index in [9.17, 15) is 8.42 Å². The maximum atomic E-state index is 12.1. The van der Waals surface area contributed by atoms with E-state index < -0.39 is 40.5 Å². The van der Waals surface area contributed by atoms with Gasteiger partial charge in [0.05, 0.1) is 6.61 Å². The molecular formula is C14H19NO7S. The number of aromatic nitrogens is 1. The van der Waals surface area contributed by atoms with E-state index in [0.717, 1.165) is 0 Å². The number of ether oxygens (including phenoxy) is 4. The highest BCUT2D eigenvalue weighted by Gasteiger charge is 2.55. The molecule has 0 N–H and O–H groups in total. The Morgan fingerprint density at radius 2 is 2.00 bits per heavy atom. The Hall–Kier alpha value is -1.10. The predicted octanol–water partition coefficient (Wildman–Crippen LogP) is 0.678. The molecule has 0 bridgehead atoms. The molecule has 128 valence electrons. The number of fused-ring (bicyclic) bond motifs is 1. The molecule has 4 unspecified atom stereocenters. The van der Waals surface area contributed by atoms with Gasteiger partial charge < -0.3 is 18.9 Å². The Balaban J connectivity index is 1.69. The van der Waals surface area contributed by atoms with Crippen LogP contribution in [0.25, 0.3) is 0 Å². The van der Waals surface area contributed by atoms with Gasteiger partial charge in [-0.1, -0.05) is 6.07 Å². The van der Waals surface area contributed by atoms with Crippen LogP contribution in [0.15, 0.2) is 29.4 Å². The Morgan fingerprint density at radius 3 is 2.65 bits per heavy atom. The van der Waals surface area contributed by atoms with Gasteiger partial charge in [0, 0.05) is 13.3 Å². The Labute approximate surface area is 134 Å². The summed E-state index contributed by atoms with van der Waals surface area (Å²) in [6.45, 7) is 3.35. The minimum Gasteiger partial charge on any atom is -0.353 e. The summed E-state index contributed by atoms with van der Waals surface area (Å²) in [6.07, 6.45) is -0.761. The lowest BCUT2D eigenvalue weighted by Gasteiger charge is -2.23. The first kappa shape index (κ1) is 16.7. The van der Waals surface area contributed by atoms with Gasteiger partial charge in [-0.3, -0.25) is 4.18 Å². The largest absolute Gasteiger partial charge is 0.353 e. The van der Waals surface area contributed by atoms with Crippen LogP contribution >= 0.6 is 0 Å². The second kappa shape index (κ2) is 6.08. The monoisotopic (exact) mass is 345 g/mol. The van der Waals surface area contributed by atoms with Crippen LogP contribution in [-0.2, 0) is 33.2 Å². The van der Waals surface area contributed by atoms with Crippen LogP contribution < -0.4 is 0 Å². The van der Waals surface area contributed by atoms with E-state index in [-0.39, 0.29) is 11.6 Å². The SMILES string of the molecule is COC1OC(COS(=O)(=O)c2ccccn2)C2OC(C)(C)OC12. The third-order valence-corrected chi connectivity index (χ3v) is 4.82. The summed E-state index contributed by atoms with van der Waals surface area (Å²) >= 11 is 0. The second-order valence-corrected chi connectivity index (χ2v) is 7.31.